The van der Waals surface area contributed by atoms with Crippen LogP contribution >= 0.6 is 0 Å². The summed E-state index contributed by atoms with van der Waals surface area (Å²) >= 11 is 0. The van der Waals surface area contributed by atoms with Crippen molar-refractivity contribution >= 4 is 65.2 Å². The van der Waals surface area contributed by atoms with Gasteiger partial charge in [-0.05, 0) is 104 Å². The Hall–Kier alpha value is -6.90. The minimum absolute atomic E-state index is 0.0676. The van der Waals surface area contributed by atoms with E-state index in [2.05, 4.69) is 0 Å². The van der Waals surface area contributed by atoms with Crippen LogP contribution in [0.1, 0.15) is 30.2 Å². The van der Waals surface area contributed by atoms with Crippen molar-refractivity contribution in [2.24, 2.45) is 0 Å². The average molecular weight is 683 g/mol. The van der Waals surface area contributed by atoms with E-state index < -0.39 is 176 Å². The third-order valence-electron chi connectivity index (χ3n) is 9.11. The number of fused-ring (bicyclic) bond motifs is 9. The molecule has 0 bridgehead atoms. The number of nitrogens with zero attached hydrogens (tertiary/aromatic N) is 2. The van der Waals surface area contributed by atoms with E-state index in [1.165, 1.54) is 0 Å². The molecule has 242 valence electrons. The van der Waals surface area contributed by atoms with E-state index in [9.17, 15) is 17.8 Å². The van der Waals surface area contributed by atoms with Crippen LogP contribution in [0.4, 0.5) is 0 Å². The summed E-state index contributed by atoms with van der Waals surface area (Å²) in [7, 11) is 0. The molecule has 0 radical (unpaired) electrons. The minimum atomic E-state index is -0.877. The lowest BCUT2D eigenvalue weighted by Gasteiger charge is -2.15. The largest absolute Gasteiger partial charge is 0.309 e. The molecule has 9 aromatic carbocycles. The molecule has 0 saturated carbocycles. The normalized spacial score (nSPS) is 17.8. The highest BCUT2D eigenvalue weighted by molar-refractivity contribution is 6.29. The Morgan fingerprint density at radius 1 is 0.346 bits per heavy atom. The zero-order valence-corrected chi connectivity index (χ0v) is 26.7. The highest BCUT2D eigenvalue weighted by atomic mass is 15.0. The Bertz CT molecular complexity index is 4430. The fourth-order valence-corrected chi connectivity index (χ4v) is 6.87. The van der Waals surface area contributed by atoms with Crippen LogP contribution in [0.5, 0.6) is 0 Å². The highest BCUT2D eigenvalue weighted by Crippen LogP contribution is 2.43. The fraction of sp³-hybridized carbons (Fsp3) is 0. The van der Waals surface area contributed by atoms with Gasteiger partial charge in [-0.2, -0.15) is 0 Å². The van der Waals surface area contributed by atoms with E-state index in [-0.39, 0.29) is 44.8 Å². The zero-order valence-electron chi connectivity index (χ0n) is 48.7. The van der Waals surface area contributed by atoms with Crippen LogP contribution in [0.2, 0.25) is 0 Å². The Kier molecular flexibility index (Phi) is 3.21. The van der Waals surface area contributed by atoms with Crippen LogP contribution in [-0.4, -0.2) is 9.13 Å². The first kappa shape index (κ1) is 14.8. The van der Waals surface area contributed by atoms with Crippen molar-refractivity contribution in [1.29, 1.82) is 0 Å². The Balaban J connectivity index is 1.43. The Morgan fingerprint density at radius 2 is 0.885 bits per heavy atom. The molecule has 0 N–H and O–H groups in total. The van der Waals surface area contributed by atoms with Crippen LogP contribution in [0.25, 0.3) is 98.8 Å². The smallest absolute Gasteiger partial charge is 0.0652 e. The molecule has 2 heterocycles. The van der Waals surface area contributed by atoms with Crippen molar-refractivity contribution in [3.63, 3.8) is 0 Å². The lowest BCUT2D eigenvalue weighted by atomic mass is 9.92. The van der Waals surface area contributed by atoms with E-state index in [1.54, 1.807) is 60.7 Å². The second kappa shape index (κ2) is 11.3. The lowest BCUT2D eigenvalue weighted by molar-refractivity contribution is 1.18. The average Bonchev–Trinajstić information content (AvgIpc) is 3.92. The molecular formula is C50H32N2. The molecule has 0 unspecified atom stereocenters. The van der Waals surface area contributed by atoms with Gasteiger partial charge < -0.3 is 9.13 Å². The zero-order chi connectivity index (χ0) is 53.3. The van der Waals surface area contributed by atoms with Gasteiger partial charge in [0, 0.05) is 32.9 Å². The summed E-state index contributed by atoms with van der Waals surface area (Å²) < 4.78 is 206. The number of para-hydroxylation sites is 2. The lowest BCUT2D eigenvalue weighted by Crippen LogP contribution is -1.95. The van der Waals surface area contributed by atoms with Crippen molar-refractivity contribution in [3.05, 3.63) is 194 Å². The molecule has 0 atom stereocenters. The SMILES string of the molecule is [2H]c1c([2H])c([2H])c2c([2H])c(-n3c4c([2H])c([2H])c([2H])c([2H])c4c4c5c6c([2H])c([2H])c([2H])c([2H])c6n(-c6c([2H])c([2H])c7c([2H])c(-c8ccccc8)c([2H])c(-c8ccccc8)c7c6[2H])c5c([2H])c([2H])c43)c([2H])c([2H])c2c1[2H]. The topological polar surface area (TPSA) is 9.86 Å². The summed E-state index contributed by atoms with van der Waals surface area (Å²) in [5.74, 6) is 0. The monoisotopic (exact) mass is 682 g/mol. The molecule has 0 aliphatic heterocycles. The summed E-state index contributed by atoms with van der Waals surface area (Å²) in [6.07, 6.45) is 0. The standard InChI is InChI=1S/C50H32N2/c1-3-13-33(14-4-1)38-29-37-24-26-40(32-44(37)43(31-38)35-16-5-2-6-17-35)52-46-22-12-10-20-42(46)50-48(52)28-27-47-49(50)41-19-9-11-21-45(41)51(47)39-25-23-34-15-7-8-18-36(34)30-39/h1-32H/i7D,8D,9D,10D,11D,12D,15D,18D,19D,20D,21D,22D,23D,24D,25D,26D,27D,28D,29D,30D,31D,32D. The number of hydrogen-bond acceptors (Lipinski definition) is 0. The van der Waals surface area contributed by atoms with Crippen molar-refractivity contribution in [2.75, 3.05) is 0 Å². The van der Waals surface area contributed by atoms with Gasteiger partial charge in [0.05, 0.1) is 52.2 Å². The maximum atomic E-state index is 10.1. The van der Waals surface area contributed by atoms with Crippen LogP contribution < -0.4 is 0 Å². The van der Waals surface area contributed by atoms with E-state index in [1.807, 2.05) is 0 Å². The fourth-order valence-electron chi connectivity index (χ4n) is 6.87. The van der Waals surface area contributed by atoms with Gasteiger partial charge >= 0.3 is 0 Å². The molecule has 2 nitrogen and oxygen atoms in total. The third-order valence-corrected chi connectivity index (χ3v) is 9.11. The summed E-state index contributed by atoms with van der Waals surface area (Å²) in [5.41, 5.74) is -2.35. The summed E-state index contributed by atoms with van der Waals surface area (Å²) in [6, 6.07) is 0.509. The van der Waals surface area contributed by atoms with Crippen molar-refractivity contribution < 1.29 is 30.2 Å². The van der Waals surface area contributed by atoms with Crippen molar-refractivity contribution in [1.82, 2.24) is 9.13 Å². The number of hydrogen-bond donors (Lipinski definition) is 0. The van der Waals surface area contributed by atoms with E-state index in [0.717, 1.165) is 9.13 Å². The van der Waals surface area contributed by atoms with E-state index in [4.69, 9.17) is 12.3 Å². The molecule has 0 saturated heterocycles. The van der Waals surface area contributed by atoms with Gasteiger partial charge in [0.1, 0.15) is 0 Å². The molecule has 52 heavy (non-hydrogen) atoms. The van der Waals surface area contributed by atoms with Crippen molar-refractivity contribution in [3.8, 4) is 33.6 Å². The van der Waals surface area contributed by atoms with Crippen LogP contribution in [0.3, 0.4) is 0 Å². The number of rotatable bonds is 4. The predicted octanol–water partition coefficient (Wildman–Crippen LogP) is 13.5. The van der Waals surface area contributed by atoms with E-state index >= 15 is 0 Å². The van der Waals surface area contributed by atoms with E-state index in [0.29, 0.717) is 11.1 Å². The molecule has 0 amide bonds. The summed E-state index contributed by atoms with van der Waals surface area (Å²) in [5, 5.41) is -3.08. The van der Waals surface area contributed by atoms with Gasteiger partial charge in [0.2, 0.25) is 0 Å². The van der Waals surface area contributed by atoms with Crippen molar-refractivity contribution in [2.45, 2.75) is 0 Å². The Morgan fingerprint density at radius 3 is 1.54 bits per heavy atom. The quantitative estimate of drug-likeness (QED) is 0.175. The third kappa shape index (κ3) is 4.31. The second-order valence-corrected chi connectivity index (χ2v) is 12.0. The molecule has 2 heteroatoms. The maximum Gasteiger partial charge on any atom is 0.0652 e. The van der Waals surface area contributed by atoms with Gasteiger partial charge in [-0.3, -0.25) is 0 Å². The highest BCUT2D eigenvalue weighted by Gasteiger charge is 2.21. The molecule has 11 rings (SSSR count). The molecule has 0 fully saturated rings. The first-order valence-corrected chi connectivity index (χ1v) is 16.2. The minimum Gasteiger partial charge on any atom is -0.309 e. The van der Waals surface area contributed by atoms with Gasteiger partial charge in [0.15, 0.2) is 0 Å². The maximum absolute atomic E-state index is 10.1. The van der Waals surface area contributed by atoms with Gasteiger partial charge in [-0.15, -0.1) is 0 Å². The Labute approximate surface area is 331 Å². The molecule has 0 aliphatic rings. The first-order chi connectivity index (χ1) is 35.0. The number of aromatic nitrogens is 2. The summed E-state index contributed by atoms with van der Waals surface area (Å²) in [4.78, 5) is 0. The van der Waals surface area contributed by atoms with Gasteiger partial charge in [0.25, 0.3) is 0 Å². The molecule has 2 aromatic heterocycles. The number of benzene rings is 9. The van der Waals surface area contributed by atoms with Crippen LogP contribution in [0, 0.1) is 0 Å². The van der Waals surface area contributed by atoms with Crippen LogP contribution in [-0.2, 0) is 0 Å². The summed E-state index contributed by atoms with van der Waals surface area (Å²) in [6.45, 7) is 0. The molecular weight excluding hydrogens is 629 g/mol. The van der Waals surface area contributed by atoms with Gasteiger partial charge in [-0.1, -0.05) is 133 Å². The van der Waals surface area contributed by atoms with Gasteiger partial charge in [-0.25, -0.2) is 0 Å². The second-order valence-electron chi connectivity index (χ2n) is 12.0. The molecule has 0 aliphatic carbocycles. The molecule has 11 aromatic rings. The predicted molar refractivity (Wildman–Crippen MR) is 221 cm³/mol. The molecule has 0 spiro atoms. The van der Waals surface area contributed by atoms with Crippen LogP contribution in [0.15, 0.2) is 194 Å². The first-order valence-electron chi connectivity index (χ1n) is 27.2.